The minimum absolute atomic E-state index is 0.194. The Kier molecular flexibility index (Phi) is 3.22. The molecular formula is C11H11ClFN3. The summed E-state index contributed by atoms with van der Waals surface area (Å²) in [4.78, 5) is 0. The van der Waals surface area contributed by atoms with Gasteiger partial charge in [0.25, 0.3) is 0 Å². The molecule has 1 aromatic carbocycles. The van der Waals surface area contributed by atoms with E-state index in [4.69, 9.17) is 17.3 Å². The summed E-state index contributed by atoms with van der Waals surface area (Å²) in [6.45, 7) is 0.750. The maximum absolute atomic E-state index is 13.2. The number of aromatic nitrogens is 2. The van der Waals surface area contributed by atoms with Gasteiger partial charge in [0.2, 0.25) is 0 Å². The van der Waals surface area contributed by atoms with Crippen molar-refractivity contribution >= 4 is 11.6 Å². The highest BCUT2D eigenvalue weighted by Gasteiger charge is 2.03. The maximum Gasteiger partial charge on any atom is 0.127 e. The average molecular weight is 240 g/mol. The van der Waals surface area contributed by atoms with Crippen molar-refractivity contribution in [1.29, 1.82) is 0 Å². The summed E-state index contributed by atoms with van der Waals surface area (Å²) < 4.78 is 14.9. The van der Waals surface area contributed by atoms with Gasteiger partial charge in [-0.3, -0.25) is 4.68 Å². The summed E-state index contributed by atoms with van der Waals surface area (Å²) in [6, 6.07) is 4.87. The van der Waals surface area contributed by atoms with Gasteiger partial charge in [-0.25, -0.2) is 4.39 Å². The first-order chi connectivity index (χ1) is 7.69. The number of nitrogens with zero attached hydrogens (tertiary/aromatic N) is 2. The van der Waals surface area contributed by atoms with Crippen molar-refractivity contribution in [3.05, 3.63) is 52.6 Å². The second kappa shape index (κ2) is 4.63. The summed E-state index contributed by atoms with van der Waals surface area (Å²) in [5.41, 5.74) is 6.89. The molecule has 0 saturated heterocycles. The highest BCUT2D eigenvalue weighted by molar-refractivity contribution is 6.30. The summed E-state index contributed by atoms with van der Waals surface area (Å²) in [5.74, 6) is -0.273. The third-order valence-electron chi connectivity index (χ3n) is 2.28. The first-order valence-electron chi connectivity index (χ1n) is 4.84. The van der Waals surface area contributed by atoms with Crippen LogP contribution in [-0.4, -0.2) is 9.78 Å². The van der Waals surface area contributed by atoms with Crippen molar-refractivity contribution in [3.63, 3.8) is 0 Å². The van der Waals surface area contributed by atoms with Crippen molar-refractivity contribution in [1.82, 2.24) is 9.78 Å². The van der Waals surface area contributed by atoms with Gasteiger partial charge in [0, 0.05) is 18.3 Å². The lowest BCUT2D eigenvalue weighted by Gasteiger charge is -2.05. The van der Waals surface area contributed by atoms with Gasteiger partial charge >= 0.3 is 0 Å². The molecule has 2 N–H and O–H groups in total. The second-order valence-corrected chi connectivity index (χ2v) is 3.92. The fourth-order valence-corrected chi connectivity index (χ4v) is 1.65. The zero-order chi connectivity index (χ0) is 11.5. The van der Waals surface area contributed by atoms with E-state index in [1.807, 2.05) is 0 Å². The largest absolute Gasteiger partial charge is 0.326 e. The van der Waals surface area contributed by atoms with E-state index in [1.165, 1.54) is 6.07 Å². The van der Waals surface area contributed by atoms with Gasteiger partial charge in [0.15, 0.2) is 0 Å². The molecule has 0 saturated carbocycles. The predicted octanol–water partition coefficient (Wildman–Crippen LogP) is 2.18. The Bertz CT molecular complexity index is 496. The molecule has 1 aromatic heterocycles. The fraction of sp³-hybridized carbons (Fsp3) is 0.182. The fourth-order valence-electron chi connectivity index (χ4n) is 1.49. The number of benzene rings is 1. The molecule has 0 spiro atoms. The molecule has 16 heavy (non-hydrogen) atoms. The molecule has 1 heterocycles. The number of halogens is 2. The third-order valence-corrected chi connectivity index (χ3v) is 2.47. The summed E-state index contributed by atoms with van der Waals surface area (Å²) in [6.07, 6.45) is 3.28. The minimum atomic E-state index is -0.273. The second-order valence-electron chi connectivity index (χ2n) is 3.49. The Labute approximate surface area is 97.6 Å². The van der Waals surface area contributed by atoms with Gasteiger partial charge in [0.05, 0.1) is 17.8 Å². The molecule has 0 unspecified atom stereocenters. The Morgan fingerprint density at radius 2 is 2.25 bits per heavy atom. The minimum Gasteiger partial charge on any atom is -0.326 e. The van der Waals surface area contributed by atoms with Gasteiger partial charge < -0.3 is 5.73 Å². The van der Waals surface area contributed by atoms with Gasteiger partial charge in [-0.15, -0.1) is 0 Å². The molecular weight excluding hydrogens is 229 g/mol. The molecule has 3 nitrogen and oxygen atoms in total. The van der Waals surface area contributed by atoms with Gasteiger partial charge in [-0.2, -0.15) is 5.10 Å². The first-order valence-corrected chi connectivity index (χ1v) is 5.22. The van der Waals surface area contributed by atoms with E-state index >= 15 is 0 Å². The van der Waals surface area contributed by atoms with Crippen LogP contribution in [0.3, 0.4) is 0 Å². The van der Waals surface area contributed by atoms with E-state index in [-0.39, 0.29) is 12.4 Å². The molecule has 0 radical (unpaired) electrons. The van der Waals surface area contributed by atoms with Crippen LogP contribution in [0.15, 0.2) is 30.6 Å². The number of rotatable bonds is 3. The quantitative estimate of drug-likeness (QED) is 0.892. The Balaban J connectivity index is 2.21. The van der Waals surface area contributed by atoms with E-state index in [0.717, 1.165) is 5.56 Å². The lowest BCUT2D eigenvalue weighted by molar-refractivity contribution is 0.607. The Hall–Kier alpha value is -1.39. The highest BCUT2D eigenvalue weighted by atomic mass is 35.5. The normalized spacial score (nSPS) is 10.7. The molecule has 5 heteroatoms. The molecule has 84 valence electrons. The van der Waals surface area contributed by atoms with Crippen molar-refractivity contribution in [2.75, 3.05) is 0 Å². The number of hydrogen-bond acceptors (Lipinski definition) is 2. The van der Waals surface area contributed by atoms with Crippen molar-refractivity contribution < 1.29 is 4.39 Å². The molecule has 2 aromatic rings. The van der Waals surface area contributed by atoms with E-state index in [9.17, 15) is 4.39 Å². The first kappa shape index (κ1) is 11.1. The van der Waals surface area contributed by atoms with E-state index in [2.05, 4.69) is 5.10 Å². The van der Waals surface area contributed by atoms with E-state index in [1.54, 1.807) is 29.2 Å². The molecule has 2 rings (SSSR count). The molecule has 0 atom stereocenters. The van der Waals surface area contributed by atoms with Crippen LogP contribution >= 0.6 is 11.6 Å². The maximum atomic E-state index is 13.2. The van der Waals surface area contributed by atoms with Crippen molar-refractivity contribution in [2.45, 2.75) is 13.1 Å². The monoisotopic (exact) mass is 239 g/mol. The van der Waals surface area contributed by atoms with Crippen molar-refractivity contribution in [2.24, 2.45) is 5.73 Å². The molecule has 0 aliphatic carbocycles. The van der Waals surface area contributed by atoms with Crippen LogP contribution in [0, 0.1) is 5.82 Å². The predicted molar refractivity (Wildman–Crippen MR) is 60.6 cm³/mol. The molecule has 0 aliphatic rings. The smallest absolute Gasteiger partial charge is 0.127 e. The average Bonchev–Trinajstić information content (AvgIpc) is 2.67. The van der Waals surface area contributed by atoms with E-state index < -0.39 is 0 Å². The van der Waals surface area contributed by atoms with E-state index in [0.29, 0.717) is 17.1 Å². The summed E-state index contributed by atoms with van der Waals surface area (Å²) in [5, 5.41) is 4.63. The van der Waals surface area contributed by atoms with Crippen LogP contribution in [0.2, 0.25) is 5.02 Å². The van der Waals surface area contributed by atoms with Crippen LogP contribution in [0.1, 0.15) is 11.1 Å². The lowest BCUT2D eigenvalue weighted by Crippen LogP contribution is -2.04. The van der Waals surface area contributed by atoms with Crippen molar-refractivity contribution in [3.8, 4) is 0 Å². The van der Waals surface area contributed by atoms with Crippen LogP contribution in [0.4, 0.5) is 4.39 Å². The summed E-state index contributed by atoms with van der Waals surface area (Å²) >= 11 is 5.75. The third kappa shape index (κ3) is 2.40. The molecule has 0 bridgehead atoms. The Morgan fingerprint density at radius 3 is 2.88 bits per heavy atom. The van der Waals surface area contributed by atoms with Gasteiger partial charge in [0.1, 0.15) is 5.82 Å². The number of nitrogens with two attached hydrogens (primary N) is 1. The summed E-state index contributed by atoms with van der Waals surface area (Å²) in [7, 11) is 0. The lowest BCUT2D eigenvalue weighted by atomic mass is 10.1. The zero-order valence-electron chi connectivity index (χ0n) is 8.53. The van der Waals surface area contributed by atoms with Gasteiger partial charge in [-0.1, -0.05) is 17.7 Å². The SMILES string of the molecule is NCc1cc(Cn2cc(Cl)cn2)ccc1F. The molecule has 0 aliphatic heterocycles. The van der Waals surface area contributed by atoms with Crippen LogP contribution in [-0.2, 0) is 13.1 Å². The van der Waals surface area contributed by atoms with Crippen LogP contribution in [0.5, 0.6) is 0 Å². The highest BCUT2D eigenvalue weighted by Crippen LogP contribution is 2.12. The van der Waals surface area contributed by atoms with Crippen LogP contribution in [0.25, 0.3) is 0 Å². The zero-order valence-corrected chi connectivity index (χ0v) is 9.28. The Morgan fingerprint density at radius 1 is 1.44 bits per heavy atom. The molecule has 0 fully saturated rings. The van der Waals surface area contributed by atoms with Crippen LogP contribution < -0.4 is 5.73 Å². The topological polar surface area (TPSA) is 43.8 Å². The standard InChI is InChI=1S/C11H11ClFN3/c12-10-5-15-16(7-10)6-8-1-2-11(13)9(3-8)4-14/h1-3,5,7H,4,6,14H2. The number of hydrogen-bond donors (Lipinski definition) is 1. The molecule has 0 amide bonds. The van der Waals surface area contributed by atoms with Gasteiger partial charge in [-0.05, 0) is 17.7 Å².